The number of aryl methyl sites for hydroxylation is 2. The van der Waals surface area contributed by atoms with Gasteiger partial charge in [0.05, 0.1) is 5.69 Å². The summed E-state index contributed by atoms with van der Waals surface area (Å²) in [7, 11) is 0. The Morgan fingerprint density at radius 2 is 2.04 bits per heavy atom. The van der Waals surface area contributed by atoms with Crippen molar-refractivity contribution in [2.24, 2.45) is 0 Å². The Balaban J connectivity index is 1.32. The van der Waals surface area contributed by atoms with Crippen LogP contribution >= 0.6 is 0 Å². The van der Waals surface area contributed by atoms with Gasteiger partial charge in [-0.25, -0.2) is 15.0 Å². The van der Waals surface area contributed by atoms with Crippen LogP contribution in [-0.4, -0.2) is 43.7 Å². The molecule has 0 unspecified atom stereocenters. The van der Waals surface area contributed by atoms with E-state index < -0.39 is 0 Å². The van der Waals surface area contributed by atoms with Crippen molar-refractivity contribution in [2.45, 2.75) is 39.5 Å². The number of imidazole rings is 1. The number of hydrogen-bond acceptors (Lipinski definition) is 7. The van der Waals surface area contributed by atoms with Crippen LogP contribution in [0.5, 0.6) is 0 Å². The van der Waals surface area contributed by atoms with Crippen LogP contribution in [0.3, 0.4) is 0 Å². The smallest absolute Gasteiger partial charge is 0.273 e. The summed E-state index contributed by atoms with van der Waals surface area (Å²) in [6.07, 6.45) is 7.14. The number of amides is 1. The summed E-state index contributed by atoms with van der Waals surface area (Å²) < 4.78 is 7.21. The van der Waals surface area contributed by atoms with E-state index in [2.05, 4.69) is 30.7 Å². The second-order valence-corrected chi connectivity index (χ2v) is 6.87. The zero-order valence-corrected chi connectivity index (χ0v) is 16.0. The molecule has 1 aliphatic carbocycles. The summed E-state index contributed by atoms with van der Waals surface area (Å²) in [6, 6.07) is 1.85. The van der Waals surface area contributed by atoms with Crippen LogP contribution in [-0.2, 0) is 12.8 Å². The fourth-order valence-corrected chi connectivity index (χ4v) is 3.32. The van der Waals surface area contributed by atoms with E-state index in [1.165, 1.54) is 6.33 Å². The molecular formula is C19H23N7O2. The maximum absolute atomic E-state index is 12.4. The van der Waals surface area contributed by atoms with Gasteiger partial charge in [-0.3, -0.25) is 9.36 Å². The third-order valence-corrected chi connectivity index (χ3v) is 5.03. The fraction of sp³-hybridized carbons (Fsp3) is 0.421. The number of hydrogen-bond donors (Lipinski definition) is 2. The summed E-state index contributed by atoms with van der Waals surface area (Å²) in [5.41, 5.74) is 3.38. The Kier molecular flexibility index (Phi) is 5.05. The molecule has 0 atom stereocenters. The highest BCUT2D eigenvalue weighted by Crippen LogP contribution is 2.24. The highest BCUT2D eigenvalue weighted by atomic mass is 16.5. The molecule has 0 aromatic carbocycles. The molecule has 9 heteroatoms. The van der Waals surface area contributed by atoms with Gasteiger partial charge in [-0.2, -0.15) is 0 Å². The lowest BCUT2D eigenvalue weighted by molar-refractivity contribution is 0.0945. The first kappa shape index (κ1) is 18.1. The van der Waals surface area contributed by atoms with E-state index in [1.54, 1.807) is 6.33 Å². The summed E-state index contributed by atoms with van der Waals surface area (Å²) in [5, 5.41) is 10.0. The molecule has 3 heterocycles. The molecule has 0 saturated carbocycles. The van der Waals surface area contributed by atoms with Gasteiger partial charge >= 0.3 is 0 Å². The number of anilines is 1. The van der Waals surface area contributed by atoms with Gasteiger partial charge in [0, 0.05) is 36.8 Å². The monoisotopic (exact) mass is 381 g/mol. The molecule has 2 N–H and O–H groups in total. The SMILES string of the molecule is Cc1ncn(-c2cc(NCCNC(=O)c3noc4c3CCCC4)ncn2)c1C. The van der Waals surface area contributed by atoms with Gasteiger partial charge in [-0.05, 0) is 33.1 Å². The van der Waals surface area contributed by atoms with Crippen LogP contribution in [0.2, 0.25) is 0 Å². The molecule has 0 spiro atoms. The highest BCUT2D eigenvalue weighted by Gasteiger charge is 2.23. The number of nitrogens with one attached hydrogen (secondary N) is 2. The highest BCUT2D eigenvalue weighted by molar-refractivity contribution is 5.93. The first-order valence-corrected chi connectivity index (χ1v) is 9.46. The van der Waals surface area contributed by atoms with E-state index in [-0.39, 0.29) is 5.91 Å². The Labute approximate surface area is 162 Å². The summed E-state index contributed by atoms with van der Waals surface area (Å²) >= 11 is 0. The number of carbonyl (C=O) groups is 1. The van der Waals surface area contributed by atoms with Crippen molar-refractivity contribution in [3.8, 4) is 5.82 Å². The molecule has 9 nitrogen and oxygen atoms in total. The van der Waals surface area contributed by atoms with Crippen molar-refractivity contribution in [2.75, 3.05) is 18.4 Å². The maximum atomic E-state index is 12.4. The van der Waals surface area contributed by atoms with E-state index in [9.17, 15) is 4.79 Å². The molecule has 4 rings (SSSR count). The molecule has 146 valence electrons. The first-order valence-electron chi connectivity index (χ1n) is 9.46. The molecule has 0 radical (unpaired) electrons. The van der Waals surface area contributed by atoms with E-state index in [1.807, 2.05) is 24.5 Å². The molecule has 0 saturated heterocycles. The second kappa shape index (κ2) is 7.79. The standard InChI is InChI=1S/C19H23N7O2/c1-12-13(2)26(11-24-12)17-9-16(22-10-23-17)20-7-8-21-19(27)18-14-5-3-4-6-15(14)28-25-18/h9-11H,3-8H2,1-2H3,(H,21,27)(H,20,22,23). The van der Waals surface area contributed by atoms with Gasteiger partial charge in [-0.15, -0.1) is 0 Å². The Morgan fingerprint density at radius 3 is 2.86 bits per heavy atom. The van der Waals surface area contributed by atoms with Crippen molar-refractivity contribution in [1.82, 2.24) is 30.0 Å². The lowest BCUT2D eigenvalue weighted by Crippen LogP contribution is -2.30. The quantitative estimate of drug-likeness (QED) is 0.628. The fourth-order valence-electron chi connectivity index (χ4n) is 3.32. The lowest BCUT2D eigenvalue weighted by atomic mass is 9.96. The molecule has 0 fully saturated rings. The van der Waals surface area contributed by atoms with Crippen molar-refractivity contribution in [3.05, 3.63) is 47.1 Å². The number of rotatable bonds is 6. The van der Waals surface area contributed by atoms with Gasteiger partial charge in [0.1, 0.15) is 30.1 Å². The van der Waals surface area contributed by atoms with Crippen LogP contribution in [0.15, 0.2) is 23.2 Å². The molecule has 0 bridgehead atoms. The van der Waals surface area contributed by atoms with Gasteiger partial charge in [0.15, 0.2) is 5.69 Å². The van der Waals surface area contributed by atoms with Crippen LogP contribution in [0.4, 0.5) is 5.82 Å². The molecule has 3 aromatic rings. The van der Waals surface area contributed by atoms with Gasteiger partial charge in [0.2, 0.25) is 0 Å². The number of nitrogens with zero attached hydrogens (tertiary/aromatic N) is 5. The van der Waals surface area contributed by atoms with E-state index in [0.717, 1.165) is 54.2 Å². The Bertz CT molecular complexity index is 992. The van der Waals surface area contributed by atoms with E-state index in [0.29, 0.717) is 24.6 Å². The van der Waals surface area contributed by atoms with Crippen molar-refractivity contribution < 1.29 is 9.32 Å². The van der Waals surface area contributed by atoms with Crippen LogP contribution in [0.1, 0.15) is 46.0 Å². The average molecular weight is 381 g/mol. The summed E-state index contributed by atoms with van der Waals surface area (Å²) in [5.74, 6) is 2.09. The topological polar surface area (TPSA) is 111 Å². The van der Waals surface area contributed by atoms with Crippen molar-refractivity contribution in [3.63, 3.8) is 0 Å². The van der Waals surface area contributed by atoms with E-state index in [4.69, 9.17) is 4.52 Å². The molecule has 0 aliphatic heterocycles. The average Bonchev–Trinajstić information content (AvgIpc) is 3.29. The minimum absolute atomic E-state index is 0.193. The normalized spacial score (nSPS) is 13.2. The zero-order valence-electron chi connectivity index (χ0n) is 16.0. The number of carbonyl (C=O) groups excluding carboxylic acids is 1. The third kappa shape index (κ3) is 3.60. The molecule has 1 amide bonds. The molecule has 28 heavy (non-hydrogen) atoms. The zero-order chi connectivity index (χ0) is 19.5. The summed E-state index contributed by atoms with van der Waals surface area (Å²) in [6.45, 7) is 4.93. The molecular weight excluding hydrogens is 358 g/mol. The second-order valence-electron chi connectivity index (χ2n) is 6.87. The third-order valence-electron chi connectivity index (χ3n) is 5.03. The minimum Gasteiger partial charge on any atom is -0.368 e. The lowest BCUT2D eigenvalue weighted by Gasteiger charge is -2.10. The Hall–Kier alpha value is -3.23. The van der Waals surface area contributed by atoms with Gasteiger partial charge in [0.25, 0.3) is 5.91 Å². The Morgan fingerprint density at radius 1 is 1.18 bits per heavy atom. The van der Waals surface area contributed by atoms with Crippen molar-refractivity contribution in [1.29, 1.82) is 0 Å². The molecule has 1 aliphatic rings. The number of fused-ring (bicyclic) bond motifs is 1. The van der Waals surface area contributed by atoms with Crippen LogP contribution in [0.25, 0.3) is 5.82 Å². The van der Waals surface area contributed by atoms with Crippen LogP contribution < -0.4 is 10.6 Å². The largest absolute Gasteiger partial charge is 0.368 e. The number of aromatic nitrogens is 5. The predicted molar refractivity (Wildman–Crippen MR) is 103 cm³/mol. The summed E-state index contributed by atoms with van der Waals surface area (Å²) in [4.78, 5) is 25.2. The maximum Gasteiger partial charge on any atom is 0.273 e. The first-order chi connectivity index (χ1) is 13.6. The molecule has 3 aromatic heterocycles. The predicted octanol–water partition coefficient (Wildman–Crippen LogP) is 1.99. The van der Waals surface area contributed by atoms with Gasteiger partial charge in [-0.1, -0.05) is 5.16 Å². The van der Waals surface area contributed by atoms with Crippen molar-refractivity contribution >= 4 is 11.7 Å². The van der Waals surface area contributed by atoms with E-state index >= 15 is 0 Å². The minimum atomic E-state index is -0.193. The van der Waals surface area contributed by atoms with Gasteiger partial charge < -0.3 is 15.2 Å². The van der Waals surface area contributed by atoms with Crippen LogP contribution in [0, 0.1) is 13.8 Å².